The van der Waals surface area contributed by atoms with Gasteiger partial charge in [-0.25, -0.2) is 0 Å². The molecule has 4 heteroatoms. The maximum Gasteiger partial charge on any atom is 0.305 e. The van der Waals surface area contributed by atoms with Gasteiger partial charge in [-0.3, -0.25) is 4.79 Å². The Labute approximate surface area is 85.6 Å². The molecule has 0 aromatic carbocycles. The summed E-state index contributed by atoms with van der Waals surface area (Å²) in [5.41, 5.74) is -0.731. The molecule has 0 saturated carbocycles. The Morgan fingerprint density at radius 1 is 1.57 bits per heavy atom. The largest absolute Gasteiger partial charge is 0.469 e. The second-order valence-electron chi connectivity index (χ2n) is 4.01. The Balaban J connectivity index is 3.50. The van der Waals surface area contributed by atoms with Crippen LogP contribution in [0.4, 0.5) is 0 Å². The SMILES string of the molecule is COC(=O)CCCNC(C)C(C)(C)O. The number of hydrogen-bond acceptors (Lipinski definition) is 4. The van der Waals surface area contributed by atoms with Crippen LogP contribution in [-0.2, 0) is 9.53 Å². The number of carbonyl (C=O) groups excluding carboxylic acids is 1. The third-order valence-corrected chi connectivity index (χ3v) is 2.30. The topological polar surface area (TPSA) is 58.6 Å². The van der Waals surface area contributed by atoms with Gasteiger partial charge >= 0.3 is 5.97 Å². The van der Waals surface area contributed by atoms with Gasteiger partial charge in [0.05, 0.1) is 12.7 Å². The molecule has 0 saturated heterocycles. The summed E-state index contributed by atoms with van der Waals surface area (Å²) in [4.78, 5) is 10.8. The lowest BCUT2D eigenvalue weighted by atomic mass is 10.0. The van der Waals surface area contributed by atoms with Crippen molar-refractivity contribution >= 4 is 5.97 Å². The lowest BCUT2D eigenvalue weighted by Crippen LogP contribution is -2.44. The summed E-state index contributed by atoms with van der Waals surface area (Å²) in [5.74, 6) is -0.192. The first kappa shape index (κ1) is 13.4. The van der Waals surface area contributed by atoms with Crippen molar-refractivity contribution in [2.75, 3.05) is 13.7 Å². The minimum absolute atomic E-state index is 0.0140. The minimum atomic E-state index is -0.731. The van der Waals surface area contributed by atoms with Crippen molar-refractivity contribution in [2.45, 2.75) is 45.3 Å². The molecule has 0 amide bonds. The molecule has 0 spiro atoms. The second-order valence-corrected chi connectivity index (χ2v) is 4.01. The zero-order valence-electron chi connectivity index (χ0n) is 9.46. The van der Waals surface area contributed by atoms with Crippen LogP contribution >= 0.6 is 0 Å². The number of methoxy groups -OCH3 is 1. The summed E-state index contributed by atoms with van der Waals surface area (Å²) in [6.07, 6.45) is 1.15. The van der Waals surface area contributed by atoms with Crippen molar-refractivity contribution in [3.05, 3.63) is 0 Å². The highest BCUT2D eigenvalue weighted by Crippen LogP contribution is 2.07. The molecule has 2 N–H and O–H groups in total. The summed E-state index contributed by atoms with van der Waals surface area (Å²) in [7, 11) is 1.38. The van der Waals surface area contributed by atoms with Gasteiger partial charge in [0, 0.05) is 12.5 Å². The Kier molecular flexibility index (Phi) is 5.72. The fraction of sp³-hybridized carbons (Fsp3) is 0.900. The molecular weight excluding hydrogens is 182 g/mol. The maximum absolute atomic E-state index is 10.8. The molecule has 0 aliphatic heterocycles. The maximum atomic E-state index is 10.8. The number of hydrogen-bond donors (Lipinski definition) is 2. The molecule has 0 aromatic heterocycles. The highest BCUT2D eigenvalue weighted by atomic mass is 16.5. The second kappa shape index (κ2) is 5.98. The van der Waals surface area contributed by atoms with E-state index in [1.165, 1.54) is 7.11 Å². The van der Waals surface area contributed by atoms with E-state index in [0.29, 0.717) is 13.0 Å². The zero-order chi connectivity index (χ0) is 11.2. The molecule has 1 atom stereocenters. The van der Waals surface area contributed by atoms with Crippen LogP contribution in [0.5, 0.6) is 0 Å². The van der Waals surface area contributed by atoms with E-state index in [1.54, 1.807) is 13.8 Å². The van der Waals surface area contributed by atoms with Gasteiger partial charge in [-0.1, -0.05) is 0 Å². The van der Waals surface area contributed by atoms with E-state index in [9.17, 15) is 9.90 Å². The third kappa shape index (κ3) is 5.94. The molecule has 0 aliphatic rings. The predicted octanol–water partition coefficient (Wildman–Crippen LogP) is 0.689. The Morgan fingerprint density at radius 3 is 2.57 bits per heavy atom. The van der Waals surface area contributed by atoms with Crippen LogP contribution in [0.1, 0.15) is 33.6 Å². The van der Waals surface area contributed by atoms with E-state index in [0.717, 1.165) is 6.42 Å². The van der Waals surface area contributed by atoms with Gasteiger partial charge < -0.3 is 15.2 Å². The molecule has 0 radical (unpaired) electrons. The van der Waals surface area contributed by atoms with Crippen LogP contribution in [0.15, 0.2) is 0 Å². The van der Waals surface area contributed by atoms with Crippen LogP contribution in [0.2, 0.25) is 0 Å². The van der Waals surface area contributed by atoms with Crippen LogP contribution in [-0.4, -0.2) is 36.4 Å². The summed E-state index contributed by atoms with van der Waals surface area (Å²) in [5, 5.41) is 12.7. The first-order chi connectivity index (χ1) is 6.38. The predicted molar refractivity (Wildman–Crippen MR) is 55.0 cm³/mol. The Bertz CT molecular complexity index is 175. The van der Waals surface area contributed by atoms with Gasteiger partial charge in [-0.2, -0.15) is 0 Å². The van der Waals surface area contributed by atoms with Crippen molar-refractivity contribution in [3.8, 4) is 0 Å². The van der Waals surface area contributed by atoms with Crippen LogP contribution in [0.3, 0.4) is 0 Å². The average Bonchev–Trinajstić information content (AvgIpc) is 2.09. The molecule has 0 heterocycles. The number of nitrogens with one attached hydrogen (secondary N) is 1. The van der Waals surface area contributed by atoms with Gasteiger partial charge in [0.15, 0.2) is 0 Å². The Hall–Kier alpha value is -0.610. The molecule has 0 bridgehead atoms. The van der Waals surface area contributed by atoms with Gasteiger partial charge in [-0.05, 0) is 33.7 Å². The van der Waals surface area contributed by atoms with Gasteiger partial charge in [0.2, 0.25) is 0 Å². The van der Waals surface area contributed by atoms with Crippen molar-refractivity contribution in [2.24, 2.45) is 0 Å². The van der Waals surface area contributed by atoms with Crippen molar-refractivity contribution in [3.63, 3.8) is 0 Å². The third-order valence-electron chi connectivity index (χ3n) is 2.30. The van der Waals surface area contributed by atoms with E-state index >= 15 is 0 Å². The fourth-order valence-electron chi connectivity index (χ4n) is 0.903. The lowest BCUT2D eigenvalue weighted by Gasteiger charge is -2.26. The zero-order valence-corrected chi connectivity index (χ0v) is 9.46. The summed E-state index contributed by atoms with van der Waals surface area (Å²) < 4.78 is 4.51. The summed E-state index contributed by atoms with van der Waals surface area (Å²) >= 11 is 0. The normalized spacial score (nSPS) is 13.8. The number of carbonyl (C=O) groups is 1. The van der Waals surface area contributed by atoms with Crippen molar-refractivity contribution < 1.29 is 14.6 Å². The van der Waals surface area contributed by atoms with Gasteiger partial charge in [-0.15, -0.1) is 0 Å². The van der Waals surface area contributed by atoms with E-state index in [2.05, 4.69) is 10.1 Å². The molecule has 14 heavy (non-hydrogen) atoms. The molecule has 1 unspecified atom stereocenters. The van der Waals surface area contributed by atoms with Gasteiger partial charge in [0.25, 0.3) is 0 Å². The number of aliphatic hydroxyl groups is 1. The summed E-state index contributed by atoms with van der Waals surface area (Å²) in [6.45, 7) is 6.13. The van der Waals surface area contributed by atoms with E-state index in [4.69, 9.17) is 0 Å². The van der Waals surface area contributed by atoms with Crippen molar-refractivity contribution in [1.82, 2.24) is 5.32 Å². The summed E-state index contributed by atoms with van der Waals surface area (Å²) in [6, 6.07) is 0.0140. The number of esters is 1. The van der Waals surface area contributed by atoms with E-state index < -0.39 is 5.60 Å². The fourth-order valence-corrected chi connectivity index (χ4v) is 0.903. The molecule has 0 rings (SSSR count). The van der Waals surface area contributed by atoms with Crippen LogP contribution in [0, 0.1) is 0 Å². The standard InChI is InChI=1S/C10H21NO3/c1-8(10(2,3)13)11-7-5-6-9(12)14-4/h8,11,13H,5-7H2,1-4H3. The van der Waals surface area contributed by atoms with Crippen molar-refractivity contribution in [1.29, 1.82) is 0 Å². The first-order valence-corrected chi connectivity index (χ1v) is 4.90. The molecule has 0 fully saturated rings. The highest BCUT2D eigenvalue weighted by Gasteiger charge is 2.21. The van der Waals surface area contributed by atoms with Gasteiger partial charge in [0.1, 0.15) is 0 Å². The van der Waals surface area contributed by atoms with Crippen LogP contribution in [0.25, 0.3) is 0 Å². The molecule has 4 nitrogen and oxygen atoms in total. The number of rotatable bonds is 6. The molecular formula is C10H21NO3. The smallest absolute Gasteiger partial charge is 0.305 e. The highest BCUT2D eigenvalue weighted by molar-refractivity contribution is 5.69. The molecule has 0 aromatic rings. The monoisotopic (exact) mass is 203 g/mol. The van der Waals surface area contributed by atoms with E-state index in [1.807, 2.05) is 6.92 Å². The quantitative estimate of drug-likeness (QED) is 0.492. The molecule has 0 aliphatic carbocycles. The van der Waals surface area contributed by atoms with E-state index in [-0.39, 0.29) is 12.0 Å². The van der Waals surface area contributed by atoms with Crippen LogP contribution < -0.4 is 5.32 Å². The molecule has 84 valence electrons. The lowest BCUT2D eigenvalue weighted by molar-refractivity contribution is -0.140. The first-order valence-electron chi connectivity index (χ1n) is 4.90. The average molecular weight is 203 g/mol. The Morgan fingerprint density at radius 2 is 2.14 bits per heavy atom. The minimum Gasteiger partial charge on any atom is -0.469 e. The number of ether oxygens (including phenoxy) is 1.